The number of hydrazone groups is 1. The van der Waals surface area contributed by atoms with Crippen LogP contribution in [0.15, 0.2) is 77.9 Å². The molecule has 0 spiro atoms. The van der Waals surface area contributed by atoms with E-state index in [0.29, 0.717) is 0 Å². The van der Waals surface area contributed by atoms with Crippen molar-refractivity contribution in [2.45, 2.75) is 45.4 Å². The Balaban J connectivity index is 1.46. The second kappa shape index (κ2) is 8.46. The summed E-state index contributed by atoms with van der Waals surface area (Å²) in [6.45, 7) is 5.03. The van der Waals surface area contributed by atoms with E-state index in [1.165, 1.54) is 16.7 Å². The Morgan fingerprint density at radius 3 is 2.55 bits per heavy atom. The molecule has 0 saturated carbocycles. The maximum atomic E-state index is 6.45. The Bertz CT molecular complexity index is 1070. The van der Waals surface area contributed by atoms with Gasteiger partial charge in [-0.3, -0.25) is 0 Å². The van der Waals surface area contributed by atoms with Crippen molar-refractivity contribution in [3.8, 4) is 11.5 Å². The molecule has 4 heteroatoms. The summed E-state index contributed by atoms with van der Waals surface area (Å²) in [5.74, 6) is 1.84. The Morgan fingerprint density at radius 1 is 1.00 bits per heavy atom. The topological polar surface area (TPSA) is 34.1 Å². The molecule has 0 fully saturated rings. The second-order valence-electron chi connectivity index (χ2n) is 8.29. The molecule has 0 aromatic heterocycles. The van der Waals surface area contributed by atoms with Crippen LogP contribution in [0, 0.1) is 6.92 Å². The fraction of sp³-hybridized carbons (Fsp3) is 0.296. The third kappa shape index (κ3) is 3.90. The highest BCUT2D eigenvalue weighted by Gasteiger charge is 2.40. The summed E-state index contributed by atoms with van der Waals surface area (Å²) in [5, 5.41) is 7.17. The zero-order chi connectivity index (χ0) is 21.2. The molecule has 5 rings (SSSR count). The largest absolute Gasteiger partial charge is 0.494 e. The molecule has 3 aromatic carbocycles. The van der Waals surface area contributed by atoms with E-state index in [4.69, 9.17) is 14.6 Å². The van der Waals surface area contributed by atoms with E-state index in [1.54, 1.807) is 0 Å². The van der Waals surface area contributed by atoms with Gasteiger partial charge in [-0.2, -0.15) is 5.10 Å². The third-order valence-electron chi connectivity index (χ3n) is 6.02. The minimum Gasteiger partial charge on any atom is -0.494 e. The molecule has 2 heterocycles. The first-order valence-electron chi connectivity index (χ1n) is 11.1. The Labute approximate surface area is 184 Å². The van der Waals surface area contributed by atoms with E-state index >= 15 is 0 Å². The molecule has 0 aliphatic carbocycles. The van der Waals surface area contributed by atoms with Crippen LogP contribution in [-0.4, -0.2) is 17.3 Å². The van der Waals surface area contributed by atoms with Gasteiger partial charge in [0, 0.05) is 17.5 Å². The maximum Gasteiger partial charge on any atom is 0.213 e. The smallest absolute Gasteiger partial charge is 0.213 e. The van der Waals surface area contributed by atoms with Crippen LogP contribution in [-0.2, 0) is 0 Å². The van der Waals surface area contributed by atoms with Crippen LogP contribution in [0.5, 0.6) is 11.5 Å². The number of unbranched alkanes of at least 4 members (excludes halogenated alkanes) is 1. The van der Waals surface area contributed by atoms with Crippen molar-refractivity contribution in [2.75, 3.05) is 6.61 Å². The van der Waals surface area contributed by atoms with Gasteiger partial charge in [0.15, 0.2) is 0 Å². The number of hydrogen-bond acceptors (Lipinski definition) is 4. The van der Waals surface area contributed by atoms with Gasteiger partial charge in [0.25, 0.3) is 0 Å². The molecular formula is C27H28N2O2. The van der Waals surface area contributed by atoms with Gasteiger partial charge in [-0.05, 0) is 49.2 Å². The standard InChI is InChI=1S/C27H28N2O2/c1-3-4-17-30-22-15-13-21(14-16-22)27-29-25(23-7-5-6-8-26(23)31-27)18-24(28-29)20-11-9-19(2)10-12-20/h5-16,25,27H,3-4,17-18H2,1-2H3. The summed E-state index contributed by atoms with van der Waals surface area (Å²) >= 11 is 0. The number of ether oxygens (including phenoxy) is 2. The van der Waals surface area contributed by atoms with Gasteiger partial charge in [0.2, 0.25) is 6.23 Å². The summed E-state index contributed by atoms with van der Waals surface area (Å²) in [7, 11) is 0. The molecule has 0 N–H and O–H groups in total. The van der Waals surface area contributed by atoms with Gasteiger partial charge in [0.05, 0.1) is 18.4 Å². The van der Waals surface area contributed by atoms with Crippen molar-refractivity contribution in [1.82, 2.24) is 5.01 Å². The monoisotopic (exact) mass is 412 g/mol. The Kier molecular flexibility index (Phi) is 5.37. The first kappa shape index (κ1) is 19.7. The lowest BCUT2D eigenvalue weighted by molar-refractivity contribution is -0.0190. The average molecular weight is 413 g/mol. The quantitative estimate of drug-likeness (QED) is 0.438. The molecule has 2 aliphatic rings. The van der Waals surface area contributed by atoms with E-state index < -0.39 is 0 Å². The molecule has 4 nitrogen and oxygen atoms in total. The summed E-state index contributed by atoms with van der Waals surface area (Å²) in [6, 6.07) is 25.4. The van der Waals surface area contributed by atoms with Crippen molar-refractivity contribution in [1.29, 1.82) is 0 Å². The molecule has 158 valence electrons. The second-order valence-corrected chi connectivity index (χ2v) is 8.29. The molecule has 0 radical (unpaired) electrons. The van der Waals surface area contributed by atoms with Crippen molar-refractivity contribution < 1.29 is 9.47 Å². The Hall–Kier alpha value is -3.27. The van der Waals surface area contributed by atoms with Gasteiger partial charge in [-0.1, -0.05) is 61.4 Å². The number of fused-ring (bicyclic) bond motifs is 3. The lowest BCUT2D eigenvalue weighted by Gasteiger charge is -2.38. The first-order valence-corrected chi connectivity index (χ1v) is 11.1. The summed E-state index contributed by atoms with van der Waals surface area (Å²) in [6.07, 6.45) is 2.81. The normalized spacial score (nSPS) is 19.3. The first-order chi connectivity index (χ1) is 15.2. The lowest BCUT2D eigenvalue weighted by Crippen LogP contribution is -2.33. The molecule has 2 atom stereocenters. The van der Waals surface area contributed by atoms with Crippen molar-refractivity contribution in [2.24, 2.45) is 5.10 Å². The van der Waals surface area contributed by atoms with E-state index in [2.05, 4.69) is 73.5 Å². The zero-order valence-corrected chi connectivity index (χ0v) is 18.1. The summed E-state index contributed by atoms with van der Waals surface area (Å²) in [4.78, 5) is 0. The fourth-order valence-electron chi connectivity index (χ4n) is 4.24. The predicted octanol–water partition coefficient (Wildman–Crippen LogP) is 6.42. The van der Waals surface area contributed by atoms with Crippen LogP contribution in [0.25, 0.3) is 0 Å². The van der Waals surface area contributed by atoms with Crippen LogP contribution < -0.4 is 9.47 Å². The SMILES string of the molecule is CCCCOc1ccc(C2Oc3ccccc3C3CC(c4ccc(C)cc4)=NN32)cc1. The zero-order valence-electron chi connectivity index (χ0n) is 18.1. The summed E-state index contributed by atoms with van der Waals surface area (Å²) in [5.41, 5.74) is 5.82. The van der Waals surface area contributed by atoms with Crippen LogP contribution >= 0.6 is 0 Å². The fourth-order valence-corrected chi connectivity index (χ4v) is 4.24. The lowest BCUT2D eigenvalue weighted by atomic mass is 9.95. The average Bonchev–Trinajstić information content (AvgIpc) is 3.25. The molecule has 3 aromatic rings. The maximum absolute atomic E-state index is 6.45. The highest BCUT2D eigenvalue weighted by molar-refractivity contribution is 6.02. The van der Waals surface area contributed by atoms with Crippen LogP contribution in [0.1, 0.15) is 60.7 Å². The minimum absolute atomic E-state index is 0.173. The third-order valence-corrected chi connectivity index (χ3v) is 6.02. The highest BCUT2D eigenvalue weighted by atomic mass is 16.5. The number of benzene rings is 3. The minimum atomic E-state index is -0.257. The van der Waals surface area contributed by atoms with E-state index in [1.807, 2.05) is 18.2 Å². The van der Waals surface area contributed by atoms with Gasteiger partial charge in [-0.15, -0.1) is 0 Å². The van der Waals surface area contributed by atoms with Crippen molar-refractivity contribution in [3.63, 3.8) is 0 Å². The molecular weight excluding hydrogens is 384 g/mol. The molecule has 0 saturated heterocycles. The van der Waals surface area contributed by atoms with E-state index in [0.717, 1.165) is 48.6 Å². The molecule has 2 aliphatic heterocycles. The van der Waals surface area contributed by atoms with Crippen LogP contribution in [0.2, 0.25) is 0 Å². The molecule has 2 unspecified atom stereocenters. The molecule has 0 amide bonds. The van der Waals surface area contributed by atoms with Crippen LogP contribution in [0.4, 0.5) is 0 Å². The molecule has 31 heavy (non-hydrogen) atoms. The van der Waals surface area contributed by atoms with Crippen molar-refractivity contribution in [3.05, 3.63) is 95.1 Å². The number of para-hydroxylation sites is 1. The number of nitrogens with zero attached hydrogens (tertiary/aromatic N) is 2. The van der Waals surface area contributed by atoms with Crippen LogP contribution in [0.3, 0.4) is 0 Å². The van der Waals surface area contributed by atoms with E-state index in [9.17, 15) is 0 Å². The highest BCUT2D eigenvalue weighted by Crippen LogP contribution is 2.47. The van der Waals surface area contributed by atoms with Gasteiger partial charge < -0.3 is 9.47 Å². The summed E-state index contributed by atoms with van der Waals surface area (Å²) < 4.78 is 12.3. The Morgan fingerprint density at radius 2 is 1.77 bits per heavy atom. The van der Waals surface area contributed by atoms with Gasteiger partial charge in [-0.25, -0.2) is 5.01 Å². The number of hydrogen-bond donors (Lipinski definition) is 0. The molecule has 0 bridgehead atoms. The number of rotatable bonds is 6. The van der Waals surface area contributed by atoms with Crippen molar-refractivity contribution >= 4 is 5.71 Å². The van der Waals surface area contributed by atoms with Gasteiger partial charge in [0.1, 0.15) is 11.5 Å². The number of aryl methyl sites for hydroxylation is 1. The predicted molar refractivity (Wildman–Crippen MR) is 124 cm³/mol. The van der Waals surface area contributed by atoms with E-state index in [-0.39, 0.29) is 12.3 Å². The van der Waals surface area contributed by atoms with Gasteiger partial charge >= 0.3 is 0 Å².